The molecule has 0 radical (unpaired) electrons. The molecule has 0 fully saturated rings. The topological polar surface area (TPSA) is 0 Å². The van der Waals surface area contributed by atoms with Crippen molar-refractivity contribution in [3.63, 3.8) is 0 Å². The minimum atomic E-state index is 1.17. The first kappa shape index (κ1) is 14.6. The van der Waals surface area contributed by atoms with Crippen molar-refractivity contribution in [3.05, 3.63) is 58.6 Å². The molecule has 0 saturated carbocycles. The van der Waals surface area contributed by atoms with Crippen LogP contribution in [0.25, 0.3) is 21.5 Å². The molecule has 0 unspecified atom stereocenters. The third-order valence-electron chi connectivity index (χ3n) is 4.21. The Labute approximate surface area is 135 Å². The Bertz CT molecular complexity index is 758. The van der Waals surface area contributed by atoms with Crippen LogP contribution in [0.2, 0.25) is 0 Å². The van der Waals surface area contributed by atoms with E-state index in [1.807, 2.05) is 0 Å². The highest BCUT2D eigenvalue weighted by atomic mass is 79.9. The summed E-state index contributed by atoms with van der Waals surface area (Å²) >= 11 is 3.86. The Balaban J connectivity index is 2.06. The normalized spacial score (nSPS) is 11.3. The molecule has 108 valence electrons. The molecule has 0 atom stereocenters. The van der Waals surface area contributed by atoms with E-state index in [2.05, 4.69) is 71.4 Å². The standard InChI is InChI=1S/C20H21Br/c1-2-3-4-5-9-15-11-8-12-17-14-16-10-6-7-13-18(16)20(21)19(15)17/h6-8,10-14H,2-5,9H2,1H3. The summed E-state index contributed by atoms with van der Waals surface area (Å²) < 4.78 is 1.25. The molecular weight excluding hydrogens is 320 g/mol. The lowest BCUT2D eigenvalue weighted by atomic mass is 9.96. The predicted molar refractivity (Wildman–Crippen MR) is 97.0 cm³/mol. The maximum Gasteiger partial charge on any atom is 0.0334 e. The zero-order valence-corrected chi connectivity index (χ0v) is 14.1. The molecule has 0 amide bonds. The molecule has 0 aliphatic heterocycles. The van der Waals surface area contributed by atoms with Crippen LogP contribution in [-0.2, 0) is 6.42 Å². The summed E-state index contributed by atoms with van der Waals surface area (Å²) in [6.45, 7) is 2.26. The van der Waals surface area contributed by atoms with Crippen LogP contribution in [0.15, 0.2) is 53.0 Å². The van der Waals surface area contributed by atoms with Crippen molar-refractivity contribution in [1.82, 2.24) is 0 Å². The summed E-state index contributed by atoms with van der Waals surface area (Å²) in [5.74, 6) is 0. The van der Waals surface area contributed by atoms with Crippen molar-refractivity contribution in [2.45, 2.75) is 39.0 Å². The highest BCUT2D eigenvalue weighted by Gasteiger charge is 2.08. The summed E-state index contributed by atoms with van der Waals surface area (Å²) in [6.07, 6.45) is 6.43. The Hall–Kier alpha value is -1.34. The molecule has 21 heavy (non-hydrogen) atoms. The molecule has 1 heteroatoms. The average molecular weight is 341 g/mol. The molecule has 0 aliphatic carbocycles. The van der Waals surface area contributed by atoms with E-state index in [0.29, 0.717) is 0 Å². The number of fused-ring (bicyclic) bond motifs is 2. The van der Waals surface area contributed by atoms with Crippen LogP contribution in [0, 0.1) is 0 Å². The van der Waals surface area contributed by atoms with Gasteiger partial charge in [0.25, 0.3) is 0 Å². The molecule has 3 aromatic carbocycles. The van der Waals surface area contributed by atoms with E-state index in [9.17, 15) is 0 Å². The molecule has 0 bridgehead atoms. The van der Waals surface area contributed by atoms with Gasteiger partial charge in [-0.15, -0.1) is 0 Å². The highest BCUT2D eigenvalue weighted by molar-refractivity contribution is 9.10. The molecule has 0 spiro atoms. The van der Waals surface area contributed by atoms with Crippen molar-refractivity contribution >= 4 is 37.5 Å². The van der Waals surface area contributed by atoms with Gasteiger partial charge in [0.15, 0.2) is 0 Å². The van der Waals surface area contributed by atoms with Crippen LogP contribution in [-0.4, -0.2) is 0 Å². The molecule has 0 nitrogen and oxygen atoms in total. The third kappa shape index (κ3) is 2.98. The smallest absolute Gasteiger partial charge is 0.0334 e. The quantitative estimate of drug-likeness (QED) is 0.350. The second-order valence-electron chi connectivity index (χ2n) is 5.74. The fourth-order valence-electron chi connectivity index (χ4n) is 3.08. The van der Waals surface area contributed by atoms with E-state index in [1.54, 1.807) is 0 Å². The number of hydrogen-bond donors (Lipinski definition) is 0. The van der Waals surface area contributed by atoms with Gasteiger partial charge in [-0.05, 0) is 61.9 Å². The number of halogens is 1. The number of unbranched alkanes of at least 4 members (excludes halogenated alkanes) is 3. The van der Waals surface area contributed by atoms with E-state index in [-0.39, 0.29) is 0 Å². The third-order valence-corrected chi connectivity index (χ3v) is 5.03. The molecule has 0 heterocycles. The van der Waals surface area contributed by atoms with Crippen molar-refractivity contribution in [1.29, 1.82) is 0 Å². The fourth-order valence-corrected chi connectivity index (χ4v) is 3.93. The second kappa shape index (κ2) is 6.62. The minimum absolute atomic E-state index is 1.17. The molecule has 3 aromatic rings. The zero-order chi connectivity index (χ0) is 14.7. The van der Waals surface area contributed by atoms with Crippen LogP contribution in [0.5, 0.6) is 0 Å². The van der Waals surface area contributed by atoms with Gasteiger partial charge in [-0.2, -0.15) is 0 Å². The van der Waals surface area contributed by atoms with E-state index in [0.717, 1.165) is 0 Å². The number of hydrogen-bond acceptors (Lipinski definition) is 0. The van der Waals surface area contributed by atoms with Gasteiger partial charge in [-0.25, -0.2) is 0 Å². The number of benzene rings is 3. The van der Waals surface area contributed by atoms with Crippen molar-refractivity contribution in [2.24, 2.45) is 0 Å². The van der Waals surface area contributed by atoms with Gasteiger partial charge in [-0.1, -0.05) is 68.7 Å². The van der Waals surface area contributed by atoms with Crippen LogP contribution in [0.1, 0.15) is 38.2 Å². The maximum absolute atomic E-state index is 3.86. The van der Waals surface area contributed by atoms with E-state index in [1.165, 1.54) is 63.7 Å². The van der Waals surface area contributed by atoms with E-state index >= 15 is 0 Å². The summed E-state index contributed by atoms with van der Waals surface area (Å²) in [5, 5.41) is 5.35. The lowest BCUT2D eigenvalue weighted by Gasteiger charge is -2.11. The lowest BCUT2D eigenvalue weighted by Crippen LogP contribution is -1.90. The number of rotatable bonds is 5. The summed E-state index contributed by atoms with van der Waals surface area (Å²) in [4.78, 5) is 0. The fraction of sp³-hybridized carbons (Fsp3) is 0.300. The zero-order valence-electron chi connectivity index (χ0n) is 12.5. The summed E-state index contributed by atoms with van der Waals surface area (Å²) in [6, 6.07) is 17.6. The molecule has 0 aromatic heterocycles. The van der Waals surface area contributed by atoms with E-state index in [4.69, 9.17) is 0 Å². The van der Waals surface area contributed by atoms with Crippen LogP contribution in [0.3, 0.4) is 0 Å². The predicted octanol–water partition coefficient (Wildman–Crippen LogP) is 6.88. The van der Waals surface area contributed by atoms with Crippen molar-refractivity contribution < 1.29 is 0 Å². The second-order valence-corrected chi connectivity index (χ2v) is 6.53. The Morgan fingerprint density at radius 1 is 0.857 bits per heavy atom. The number of aryl methyl sites for hydroxylation is 1. The highest BCUT2D eigenvalue weighted by Crippen LogP contribution is 2.35. The largest absolute Gasteiger partial charge is 0.0654 e. The monoisotopic (exact) mass is 340 g/mol. The lowest BCUT2D eigenvalue weighted by molar-refractivity contribution is 0.668. The van der Waals surface area contributed by atoms with Crippen LogP contribution < -0.4 is 0 Å². The average Bonchev–Trinajstić information content (AvgIpc) is 2.52. The van der Waals surface area contributed by atoms with Crippen LogP contribution >= 0.6 is 15.9 Å². The molecule has 3 rings (SSSR count). The first-order valence-corrected chi connectivity index (χ1v) is 8.69. The van der Waals surface area contributed by atoms with Crippen LogP contribution in [0.4, 0.5) is 0 Å². The van der Waals surface area contributed by atoms with Gasteiger partial charge in [0.1, 0.15) is 0 Å². The SMILES string of the molecule is CCCCCCc1cccc2cc3ccccc3c(Br)c12. The van der Waals surface area contributed by atoms with Gasteiger partial charge < -0.3 is 0 Å². The maximum atomic E-state index is 3.86. The summed E-state index contributed by atoms with van der Waals surface area (Å²) in [7, 11) is 0. The Kier molecular flexibility index (Phi) is 4.60. The van der Waals surface area contributed by atoms with Gasteiger partial charge >= 0.3 is 0 Å². The first-order chi connectivity index (χ1) is 10.3. The van der Waals surface area contributed by atoms with Gasteiger partial charge in [0.2, 0.25) is 0 Å². The minimum Gasteiger partial charge on any atom is -0.0654 e. The molecular formula is C20H21Br. The van der Waals surface area contributed by atoms with Gasteiger partial charge in [0.05, 0.1) is 0 Å². The van der Waals surface area contributed by atoms with Gasteiger partial charge in [0, 0.05) is 4.47 Å². The molecule has 0 aliphatic rings. The van der Waals surface area contributed by atoms with Crippen molar-refractivity contribution in [3.8, 4) is 0 Å². The molecule has 0 saturated heterocycles. The summed E-state index contributed by atoms with van der Waals surface area (Å²) in [5.41, 5.74) is 1.47. The Morgan fingerprint density at radius 2 is 1.67 bits per heavy atom. The first-order valence-electron chi connectivity index (χ1n) is 7.90. The van der Waals surface area contributed by atoms with Gasteiger partial charge in [-0.3, -0.25) is 0 Å². The van der Waals surface area contributed by atoms with E-state index < -0.39 is 0 Å². The van der Waals surface area contributed by atoms with Crippen molar-refractivity contribution in [2.75, 3.05) is 0 Å². The Morgan fingerprint density at radius 3 is 2.52 bits per heavy atom. The molecule has 0 N–H and O–H groups in total.